The van der Waals surface area contributed by atoms with E-state index >= 15 is 0 Å². The van der Waals surface area contributed by atoms with Gasteiger partial charge in [0.05, 0.1) is 12.0 Å². The Morgan fingerprint density at radius 3 is 3.00 bits per heavy atom. The largest absolute Gasteiger partial charge is 0.491 e. The van der Waals surface area contributed by atoms with Crippen LogP contribution in [0, 0.1) is 5.92 Å². The van der Waals surface area contributed by atoms with Crippen molar-refractivity contribution < 1.29 is 24.2 Å². The van der Waals surface area contributed by atoms with Crippen LogP contribution in [0.2, 0.25) is 0 Å². The Labute approximate surface area is 129 Å². The maximum atomic E-state index is 12.0. The second-order valence-corrected chi connectivity index (χ2v) is 5.42. The van der Waals surface area contributed by atoms with Gasteiger partial charge in [-0.1, -0.05) is 13.0 Å². The number of hydrogen-bond donors (Lipinski definition) is 2. The third-order valence-corrected chi connectivity index (χ3v) is 3.55. The first-order chi connectivity index (χ1) is 10.6. The molecule has 1 saturated heterocycles. The van der Waals surface area contributed by atoms with Crippen molar-refractivity contribution in [2.45, 2.75) is 25.9 Å². The molecule has 2 rings (SSSR count). The van der Waals surface area contributed by atoms with E-state index in [-0.39, 0.29) is 18.6 Å². The number of hydrogen-bond acceptors (Lipinski definition) is 4. The molecule has 0 radical (unpaired) electrons. The highest BCUT2D eigenvalue weighted by Crippen LogP contribution is 2.17. The standard InChI is InChI=1S/C16H21NO5/c1-11(16(19)20)9-17-15(18)12-4-2-5-13(8-12)22-10-14-6-3-7-21-14/h2,4-5,8,11,14H,3,6-7,9-10H2,1H3,(H,17,18)(H,19,20). The number of carbonyl (C=O) groups is 2. The van der Waals surface area contributed by atoms with Crippen molar-refractivity contribution in [1.29, 1.82) is 0 Å². The molecule has 1 heterocycles. The Morgan fingerprint density at radius 2 is 2.32 bits per heavy atom. The molecule has 0 aliphatic carbocycles. The van der Waals surface area contributed by atoms with Crippen LogP contribution in [-0.2, 0) is 9.53 Å². The average Bonchev–Trinajstić information content (AvgIpc) is 3.03. The number of carbonyl (C=O) groups excluding carboxylic acids is 1. The van der Waals surface area contributed by atoms with Gasteiger partial charge in [-0.3, -0.25) is 9.59 Å². The minimum Gasteiger partial charge on any atom is -0.491 e. The summed E-state index contributed by atoms with van der Waals surface area (Å²) >= 11 is 0. The Bertz CT molecular complexity index is 525. The SMILES string of the molecule is CC(CNC(=O)c1cccc(OCC2CCCO2)c1)C(=O)O. The third kappa shape index (κ3) is 4.73. The van der Waals surface area contributed by atoms with Crippen molar-refractivity contribution in [1.82, 2.24) is 5.32 Å². The quantitative estimate of drug-likeness (QED) is 0.801. The highest BCUT2D eigenvalue weighted by Gasteiger charge is 2.17. The number of benzene rings is 1. The first kappa shape index (κ1) is 16.3. The van der Waals surface area contributed by atoms with E-state index < -0.39 is 11.9 Å². The fourth-order valence-electron chi connectivity index (χ4n) is 2.13. The van der Waals surface area contributed by atoms with Gasteiger partial charge in [0.25, 0.3) is 5.91 Å². The Hall–Kier alpha value is -2.08. The molecule has 0 saturated carbocycles. The van der Waals surface area contributed by atoms with Gasteiger partial charge in [0.2, 0.25) is 0 Å². The summed E-state index contributed by atoms with van der Waals surface area (Å²) in [5.74, 6) is -1.26. The molecule has 1 aliphatic rings. The lowest BCUT2D eigenvalue weighted by Crippen LogP contribution is -2.31. The molecule has 1 aromatic rings. The van der Waals surface area contributed by atoms with Gasteiger partial charge in [-0.2, -0.15) is 0 Å². The fraction of sp³-hybridized carbons (Fsp3) is 0.500. The van der Waals surface area contributed by atoms with Crippen LogP contribution in [0.5, 0.6) is 5.75 Å². The zero-order chi connectivity index (χ0) is 15.9. The zero-order valence-corrected chi connectivity index (χ0v) is 12.6. The zero-order valence-electron chi connectivity index (χ0n) is 12.6. The van der Waals surface area contributed by atoms with E-state index in [1.165, 1.54) is 0 Å². The lowest BCUT2D eigenvalue weighted by atomic mass is 10.1. The topological polar surface area (TPSA) is 84.9 Å². The number of rotatable bonds is 7. The normalized spacial score (nSPS) is 18.7. The van der Waals surface area contributed by atoms with Crippen molar-refractivity contribution in [3.8, 4) is 5.75 Å². The highest BCUT2D eigenvalue weighted by atomic mass is 16.5. The number of carboxylic acids is 1. The Balaban J connectivity index is 1.86. The first-order valence-corrected chi connectivity index (χ1v) is 7.41. The predicted octanol–water partition coefficient (Wildman–Crippen LogP) is 1.69. The number of nitrogens with one attached hydrogen (secondary N) is 1. The van der Waals surface area contributed by atoms with Gasteiger partial charge in [0.1, 0.15) is 12.4 Å². The predicted molar refractivity (Wildman–Crippen MR) is 80.0 cm³/mol. The van der Waals surface area contributed by atoms with Gasteiger partial charge in [-0.15, -0.1) is 0 Å². The average molecular weight is 307 g/mol. The van der Waals surface area contributed by atoms with Crippen LogP contribution >= 0.6 is 0 Å². The summed E-state index contributed by atoms with van der Waals surface area (Å²) in [5.41, 5.74) is 0.447. The van der Waals surface area contributed by atoms with Gasteiger partial charge >= 0.3 is 5.97 Å². The van der Waals surface area contributed by atoms with E-state index in [0.29, 0.717) is 17.9 Å². The molecule has 1 amide bonds. The van der Waals surface area contributed by atoms with E-state index in [2.05, 4.69) is 5.32 Å². The molecular weight excluding hydrogens is 286 g/mol. The molecule has 2 unspecified atom stereocenters. The molecule has 120 valence electrons. The first-order valence-electron chi connectivity index (χ1n) is 7.41. The minimum absolute atomic E-state index is 0.0924. The fourth-order valence-corrected chi connectivity index (χ4v) is 2.13. The van der Waals surface area contributed by atoms with Crippen molar-refractivity contribution in [3.63, 3.8) is 0 Å². The van der Waals surface area contributed by atoms with Crippen molar-refractivity contribution in [2.24, 2.45) is 5.92 Å². The lowest BCUT2D eigenvalue weighted by Gasteiger charge is -2.12. The molecule has 1 aromatic carbocycles. The van der Waals surface area contributed by atoms with Crippen LogP contribution in [-0.4, -0.2) is 42.8 Å². The number of carboxylic acid groups (broad SMARTS) is 1. The van der Waals surface area contributed by atoms with E-state index in [1.807, 2.05) is 0 Å². The van der Waals surface area contributed by atoms with E-state index in [1.54, 1.807) is 31.2 Å². The molecule has 2 atom stereocenters. The summed E-state index contributed by atoms with van der Waals surface area (Å²) in [4.78, 5) is 22.7. The van der Waals surface area contributed by atoms with Crippen molar-refractivity contribution >= 4 is 11.9 Å². The molecule has 0 bridgehead atoms. The third-order valence-electron chi connectivity index (χ3n) is 3.55. The summed E-state index contributed by atoms with van der Waals surface area (Å²) in [6.45, 7) is 2.89. The van der Waals surface area contributed by atoms with Crippen LogP contribution in [0.25, 0.3) is 0 Å². The second kappa shape index (κ2) is 7.79. The summed E-state index contributed by atoms with van der Waals surface area (Å²) in [7, 11) is 0. The van der Waals surface area contributed by atoms with E-state index in [9.17, 15) is 9.59 Å². The summed E-state index contributed by atoms with van der Waals surface area (Å²) in [6.07, 6.45) is 2.17. The Kier molecular flexibility index (Phi) is 5.77. The van der Waals surface area contributed by atoms with E-state index in [0.717, 1.165) is 19.4 Å². The minimum atomic E-state index is -0.936. The lowest BCUT2D eigenvalue weighted by molar-refractivity contribution is -0.140. The molecular formula is C16H21NO5. The van der Waals surface area contributed by atoms with Gasteiger partial charge in [0, 0.05) is 18.7 Å². The maximum absolute atomic E-state index is 12.0. The van der Waals surface area contributed by atoms with Gasteiger partial charge in [-0.05, 0) is 31.0 Å². The Morgan fingerprint density at radius 1 is 1.50 bits per heavy atom. The summed E-state index contributed by atoms with van der Waals surface area (Å²) in [6, 6.07) is 6.83. The molecule has 1 fully saturated rings. The monoisotopic (exact) mass is 307 g/mol. The highest BCUT2D eigenvalue weighted by molar-refractivity contribution is 5.94. The molecule has 0 spiro atoms. The number of ether oxygens (including phenoxy) is 2. The van der Waals surface area contributed by atoms with Gasteiger partial charge in [0.15, 0.2) is 0 Å². The van der Waals surface area contributed by atoms with Crippen LogP contribution in [0.15, 0.2) is 24.3 Å². The smallest absolute Gasteiger partial charge is 0.308 e. The maximum Gasteiger partial charge on any atom is 0.308 e. The molecule has 6 nitrogen and oxygen atoms in total. The van der Waals surface area contributed by atoms with Crippen molar-refractivity contribution in [3.05, 3.63) is 29.8 Å². The molecule has 2 N–H and O–H groups in total. The molecule has 6 heteroatoms. The van der Waals surface area contributed by atoms with Crippen LogP contribution in [0.1, 0.15) is 30.1 Å². The molecule has 22 heavy (non-hydrogen) atoms. The van der Waals surface area contributed by atoms with Crippen LogP contribution in [0.3, 0.4) is 0 Å². The van der Waals surface area contributed by atoms with Gasteiger partial charge in [-0.25, -0.2) is 0 Å². The van der Waals surface area contributed by atoms with Crippen molar-refractivity contribution in [2.75, 3.05) is 19.8 Å². The second-order valence-electron chi connectivity index (χ2n) is 5.42. The van der Waals surface area contributed by atoms with E-state index in [4.69, 9.17) is 14.6 Å². The van der Waals surface area contributed by atoms with Crippen LogP contribution < -0.4 is 10.1 Å². The van der Waals surface area contributed by atoms with Gasteiger partial charge < -0.3 is 19.9 Å². The summed E-state index contributed by atoms with van der Waals surface area (Å²) < 4.78 is 11.1. The molecule has 1 aliphatic heterocycles. The number of amides is 1. The molecule has 0 aromatic heterocycles. The summed E-state index contributed by atoms with van der Waals surface area (Å²) in [5, 5.41) is 11.4. The van der Waals surface area contributed by atoms with Crippen LogP contribution in [0.4, 0.5) is 0 Å². The number of aliphatic carboxylic acids is 1.